The monoisotopic (exact) mass is 1010 g/mol. The lowest BCUT2D eigenvalue weighted by atomic mass is 10.1. The molecule has 0 saturated carbocycles. The molecule has 0 spiro atoms. The summed E-state index contributed by atoms with van der Waals surface area (Å²) in [6.07, 6.45) is 102. The Balaban J connectivity index is 3.76. The number of hydrogen-bond acceptors (Lipinski definition) is 5. The van der Waals surface area contributed by atoms with Crippen LogP contribution < -0.4 is 0 Å². The van der Waals surface area contributed by atoms with Gasteiger partial charge < -0.3 is 14.6 Å². The highest BCUT2D eigenvalue weighted by atomic mass is 16.6. The summed E-state index contributed by atoms with van der Waals surface area (Å²) in [4.78, 5) is 24.4. The predicted octanol–water partition coefficient (Wildman–Crippen LogP) is 19.6. The van der Waals surface area contributed by atoms with Gasteiger partial charge in [-0.1, -0.05) is 245 Å². The second-order valence-electron chi connectivity index (χ2n) is 17.5. The van der Waals surface area contributed by atoms with E-state index in [1.54, 1.807) is 0 Å². The fraction of sp³-hybridized carbons (Fsp3) is 0.449. The summed E-state index contributed by atoms with van der Waals surface area (Å²) < 4.78 is 10.6. The molecule has 0 aliphatic carbocycles. The van der Waals surface area contributed by atoms with Crippen molar-refractivity contribution in [2.75, 3.05) is 13.2 Å². The molecule has 1 N–H and O–H groups in total. The highest BCUT2D eigenvalue weighted by Gasteiger charge is 2.15. The number of rotatable bonds is 48. The minimum atomic E-state index is -0.835. The van der Waals surface area contributed by atoms with Crippen molar-refractivity contribution in [3.8, 4) is 0 Å². The second-order valence-corrected chi connectivity index (χ2v) is 17.5. The largest absolute Gasteiger partial charge is 0.462 e. The molecular weight excluding hydrogens is 909 g/mol. The summed E-state index contributed by atoms with van der Waals surface area (Å²) in [6.45, 7) is 3.80. The van der Waals surface area contributed by atoms with Crippen LogP contribution in [0.25, 0.3) is 0 Å². The van der Waals surface area contributed by atoms with Crippen molar-refractivity contribution < 1.29 is 24.2 Å². The summed E-state index contributed by atoms with van der Waals surface area (Å²) in [5.74, 6) is -0.740. The van der Waals surface area contributed by atoms with Crippen LogP contribution in [-0.2, 0) is 19.1 Å². The first-order valence-electron chi connectivity index (χ1n) is 28.3. The number of allylic oxidation sites excluding steroid dienone is 36. The van der Waals surface area contributed by atoms with Crippen molar-refractivity contribution in [3.63, 3.8) is 0 Å². The molecule has 0 bridgehead atoms. The van der Waals surface area contributed by atoms with E-state index in [2.05, 4.69) is 220 Å². The zero-order valence-electron chi connectivity index (χ0n) is 46.2. The van der Waals surface area contributed by atoms with Crippen LogP contribution in [0.5, 0.6) is 0 Å². The van der Waals surface area contributed by atoms with Gasteiger partial charge in [-0.05, 0) is 141 Å². The topological polar surface area (TPSA) is 72.8 Å². The van der Waals surface area contributed by atoms with Gasteiger partial charge in [0.1, 0.15) is 6.61 Å². The van der Waals surface area contributed by atoms with Crippen molar-refractivity contribution in [2.45, 2.75) is 187 Å². The molecule has 0 rings (SSSR count). The van der Waals surface area contributed by atoms with E-state index in [1.807, 2.05) is 12.2 Å². The average molecular weight is 1010 g/mol. The van der Waals surface area contributed by atoms with Crippen LogP contribution in [-0.4, -0.2) is 36.4 Å². The van der Waals surface area contributed by atoms with Crippen LogP contribution in [0.3, 0.4) is 0 Å². The maximum Gasteiger partial charge on any atom is 0.306 e. The van der Waals surface area contributed by atoms with E-state index < -0.39 is 6.10 Å². The smallest absolute Gasteiger partial charge is 0.306 e. The van der Waals surface area contributed by atoms with E-state index in [9.17, 15) is 14.7 Å². The third kappa shape index (κ3) is 58.8. The maximum absolute atomic E-state index is 12.3. The Kier molecular flexibility index (Phi) is 56.7. The van der Waals surface area contributed by atoms with Gasteiger partial charge in [-0.15, -0.1) is 0 Å². The molecule has 0 fully saturated rings. The van der Waals surface area contributed by atoms with Crippen molar-refractivity contribution in [1.29, 1.82) is 0 Å². The van der Waals surface area contributed by atoms with Gasteiger partial charge in [0.05, 0.1) is 6.61 Å². The van der Waals surface area contributed by atoms with E-state index >= 15 is 0 Å². The fourth-order valence-corrected chi connectivity index (χ4v) is 6.62. The summed E-state index contributed by atoms with van der Waals surface area (Å²) in [7, 11) is 0. The van der Waals surface area contributed by atoms with E-state index in [-0.39, 0.29) is 31.6 Å². The molecule has 0 saturated heterocycles. The minimum absolute atomic E-state index is 0.132. The van der Waals surface area contributed by atoms with Crippen LogP contribution >= 0.6 is 0 Å². The van der Waals surface area contributed by atoms with Crippen LogP contribution in [0.15, 0.2) is 219 Å². The zero-order chi connectivity index (χ0) is 53.4. The lowest BCUT2D eigenvalue weighted by Crippen LogP contribution is -2.28. The quantitative estimate of drug-likeness (QED) is 0.0373. The molecule has 0 aliphatic heterocycles. The normalized spacial score (nSPS) is 13.9. The van der Waals surface area contributed by atoms with Crippen molar-refractivity contribution in [3.05, 3.63) is 219 Å². The molecule has 5 nitrogen and oxygen atoms in total. The molecule has 0 amide bonds. The number of aliphatic hydroxyl groups is 1. The SMILES string of the molecule is CC/C=C\C/C=C\C/C=C\C/C=C\C/C=C\C/C=C\C/C=C\C/C=C\C/C=C\C/C=C\C/C=C\C/C=C\CCCCCCC(=O)OC(CO)COC(=O)CC/C=C\C/C=C\C/C=C\C/C=C\C/C=C\C/C=C\CC. The van der Waals surface area contributed by atoms with E-state index in [4.69, 9.17) is 9.47 Å². The van der Waals surface area contributed by atoms with Crippen molar-refractivity contribution in [1.82, 2.24) is 0 Å². The summed E-state index contributed by atoms with van der Waals surface area (Å²) in [6, 6.07) is 0. The number of carbonyl (C=O) groups excluding carboxylic acids is 2. The number of aliphatic hydroxyl groups excluding tert-OH is 1. The first-order valence-corrected chi connectivity index (χ1v) is 28.3. The number of hydrogen-bond donors (Lipinski definition) is 1. The number of unbranched alkanes of at least 4 members (excludes halogenated alkanes) is 4. The van der Waals surface area contributed by atoms with Gasteiger partial charge in [-0.3, -0.25) is 9.59 Å². The van der Waals surface area contributed by atoms with Gasteiger partial charge in [0.25, 0.3) is 0 Å². The molecule has 0 aromatic carbocycles. The Morgan fingerprint density at radius 2 is 0.568 bits per heavy atom. The van der Waals surface area contributed by atoms with Gasteiger partial charge in [0.2, 0.25) is 0 Å². The van der Waals surface area contributed by atoms with Gasteiger partial charge >= 0.3 is 11.9 Å². The molecule has 1 unspecified atom stereocenters. The maximum atomic E-state index is 12.3. The zero-order valence-corrected chi connectivity index (χ0v) is 46.2. The highest BCUT2D eigenvalue weighted by molar-refractivity contribution is 5.70. The molecule has 74 heavy (non-hydrogen) atoms. The third-order valence-electron chi connectivity index (χ3n) is 10.8. The molecule has 0 radical (unpaired) electrons. The standard InChI is InChI=1S/C69H100O5/c1-3-5-7-9-11-13-15-17-19-21-23-24-25-26-27-28-29-30-31-32-33-34-35-36-37-38-39-40-41-42-43-44-46-48-50-52-54-56-58-60-62-64-69(72)74-67(65-70)66-73-68(71)63-61-59-57-55-53-51-49-47-45-22-20-18-16-14-12-10-8-6-4-2/h5-8,11-14,17-20,23-24,26-27,29-30,32-33,35-36,38-39,41-42,44-47,50-53,57,59,67,70H,3-4,9-10,15-16,21-22,25,28,31,34,37,40,43,48-49,54-56,58,60-66H2,1-2H3/b7-5-,8-6-,13-11-,14-12-,19-17-,20-18-,24-23-,27-26-,30-29-,33-32-,36-35-,39-38-,42-41-,46-44-,47-45-,52-50-,53-51-,59-57-. The first-order chi connectivity index (χ1) is 36.6. The third-order valence-corrected chi connectivity index (χ3v) is 10.8. The van der Waals surface area contributed by atoms with E-state index in [0.29, 0.717) is 12.8 Å². The van der Waals surface area contributed by atoms with Crippen LogP contribution in [0.1, 0.15) is 181 Å². The van der Waals surface area contributed by atoms with E-state index in [0.717, 1.165) is 148 Å². The second kappa shape index (κ2) is 61.5. The molecule has 0 aromatic rings. The average Bonchev–Trinajstić information content (AvgIpc) is 3.40. The fourth-order valence-electron chi connectivity index (χ4n) is 6.62. The molecule has 406 valence electrons. The Hall–Kier alpha value is -5.78. The Bertz CT molecular complexity index is 1860. The lowest BCUT2D eigenvalue weighted by Gasteiger charge is -2.15. The summed E-state index contributed by atoms with van der Waals surface area (Å²) in [5.41, 5.74) is 0. The van der Waals surface area contributed by atoms with Crippen molar-refractivity contribution >= 4 is 11.9 Å². The number of carbonyl (C=O) groups is 2. The highest BCUT2D eigenvalue weighted by Crippen LogP contribution is 2.09. The summed E-state index contributed by atoms with van der Waals surface area (Å²) >= 11 is 0. The Morgan fingerprint density at radius 1 is 0.311 bits per heavy atom. The molecule has 0 heterocycles. The molecule has 5 heteroatoms. The minimum Gasteiger partial charge on any atom is -0.462 e. The summed E-state index contributed by atoms with van der Waals surface area (Å²) in [5, 5.41) is 9.62. The first kappa shape index (κ1) is 68.2. The molecule has 0 aliphatic rings. The Labute approximate surface area is 452 Å². The van der Waals surface area contributed by atoms with Crippen LogP contribution in [0.2, 0.25) is 0 Å². The molecular formula is C69H100O5. The van der Waals surface area contributed by atoms with Crippen LogP contribution in [0.4, 0.5) is 0 Å². The Morgan fingerprint density at radius 3 is 0.851 bits per heavy atom. The lowest BCUT2D eigenvalue weighted by molar-refractivity contribution is -0.161. The number of esters is 2. The predicted molar refractivity (Wildman–Crippen MR) is 324 cm³/mol. The van der Waals surface area contributed by atoms with Gasteiger partial charge in [-0.25, -0.2) is 0 Å². The number of ether oxygens (including phenoxy) is 2. The van der Waals surface area contributed by atoms with Gasteiger partial charge in [0.15, 0.2) is 6.10 Å². The van der Waals surface area contributed by atoms with Crippen molar-refractivity contribution in [2.24, 2.45) is 0 Å². The van der Waals surface area contributed by atoms with Gasteiger partial charge in [0, 0.05) is 12.8 Å². The van der Waals surface area contributed by atoms with E-state index in [1.165, 1.54) is 0 Å². The molecule has 1 atom stereocenters. The van der Waals surface area contributed by atoms with Crippen LogP contribution in [0, 0.1) is 0 Å². The molecule has 0 aromatic heterocycles. The van der Waals surface area contributed by atoms with Gasteiger partial charge in [-0.2, -0.15) is 0 Å².